The highest BCUT2D eigenvalue weighted by molar-refractivity contribution is 5.92. The van der Waals surface area contributed by atoms with E-state index in [1.807, 2.05) is 24.1 Å². The minimum Gasteiger partial charge on any atom is -0.337 e. The van der Waals surface area contributed by atoms with Crippen LogP contribution in [0.3, 0.4) is 0 Å². The molecule has 5 heteroatoms. The summed E-state index contributed by atoms with van der Waals surface area (Å²) in [6.07, 6.45) is 2.40. The van der Waals surface area contributed by atoms with Crippen molar-refractivity contribution >= 4 is 5.91 Å². The lowest BCUT2D eigenvalue weighted by atomic mass is 9.92. The Labute approximate surface area is 154 Å². The maximum atomic E-state index is 12.7. The number of nitrogens with zero attached hydrogens (tertiary/aromatic N) is 4. The number of benzene rings is 1. The summed E-state index contributed by atoms with van der Waals surface area (Å²) >= 11 is 0. The molecule has 0 radical (unpaired) electrons. The molecule has 134 valence electrons. The number of piperidine rings is 1. The van der Waals surface area contributed by atoms with E-state index in [2.05, 4.69) is 41.1 Å². The fourth-order valence-corrected chi connectivity index (χ4v) is 3.70. The molecule has 1 saturated heterocycles. The van der Waals surface area contributed by atoms with Crippen LogP contribution >= 0.6 is 0 Å². The Morgan fingerprint density at radius 1 is 1.31 bits per heavy atom. The lowest BCUT2D eigenvalue weighted by molar-refractivity contribution is 0.0493. The minimum absolute atomic E-state index is 0.0807. The molecule has 0 N–H and O–H groups in total. The lowest BCUT2D eigenvalue weighted by Crippen LogP contribution is -2.50. The van der Waals surface area contributed by atoms with Crippen molar-refractivity contribution in [1.29, 1.82) is 5.26 Å². The van der Waals surface area contributed by atoms with Crippen molar-refractivity contribution in [2.75, 3.05) is 20.1 Å². The van der Waals surface area contributed by atoms with E-state index in [-0.39, 0.29) is 11.9 Å². The molecule has 2 atom stereocenters. The molecule has 0 bridgehead atoms. The number of hydrogen-bond acceptors (Lipinski definition) is 4. The number of rotatable bonds is 4. The normalized spacial score (nSPS) is 20.3. The Morgan fingerprint density at radius 3 is 2.69 bits per heavy atom. The smallest absolute Gasteiger partial charge is 0.272 e. The SMILES string of the molecule is C[C@@H]1CN(Cc2ccccc2)CC[C@@H]1N(C)C(=O)c1ccc(C#N)cn1. The zero-order valence-electron chi connectivity index (χ0n) is 15.3. The van der Waals surface area contributed by atoms with Crippen LogP contribution in [0, 0.1) is 17.2 Å². The summed E-state index contributed by atoms with van der Waals surface area (Å²) in [5.41, 5.74) is 2.18. The number of amides is 1. The van der Waals surface area contributed by atoms with Crippen LogP contribution < -0.4 is 0 Å². The Hall–Kier alpha value is -2.71. The summed E-state index contributed by atoms with van der Waals surface area (Å²) in [6, 6.07) is 16.0. The average Bonchev–Trinajstić information content (AvgIpc) is 2.68. The van der Waals surface area contributed by atoms with Crippen LogP contribution in [0.4, 0.5) is 0 Å². The number of carbonyl (C=O) groups excluding carboxylic acids is 1. The van der Waals surface area contributed by atoms with E-state index in [9.17, 15) is 4.79 Å². The molecule has 1 aliphatic heterocycles. The van der Waals surface area contributed by atoms with Crippen molar-refractivity contribution in [1.82, 2.24) is 14.8 Å². The number of likely N-dealkylation sites (tertiary alicyclic amines) is 1. The Balaban J connectivity index is 1.61. The minimum atomic E-state index is -0.0807. The van der Waals surface area contributed by atoms with Gasteiger partial charge in [0.25, 0.3) is 5.91 Å². The van der Waals surface area contributed by atoms with Gasteiger partial charge in [0.15, 0.2) is 0 Å². The predicted octanol–water partition coefficient (Wildman–Crippen LogP) is 2.94. The molecular weight excluding hydrogens is 324 g/mol. The number of carbonyl (C=O) groups is 1. The molecule has 0 unspecified atom stereocenters. The topological polar surface area (TPSA) is 60.2 Å². The van der Waals surface area contributed by atoms with E-state index in [0.717, 1.165) is 26.1 Å². The molecule has 3 rings (SSSR count). The van der Waals surface area contributed by atoms with Crippen molar-refractivity contribution in [3.8, 4) is 6.07 Å². The van der Waals surface area contributed by atoms with Gasteiger partial charge in [0.2, 0.25) is 0 Å². The molecule has 1 aliphatic rings. The summed E-state index contributed by atoms with van der Waals surface area (Å²) in [6.45, 7) is 5.10. The molecule has 1 aromatic carbocycles. The summed E-state index contributed by atoms with van der Waals surface area (Å²) in [5, 5.41) is 8.86. The van der Waals surface area contributed by atoms with Gasteiger partial charge in [-0.2, -0.15) is 5.26 Å². The third-order valence-corrected chi connectivity index (χ3v) is 5.12. The van der Waals surface area contributed by atoms with Gasteiger partial charge in [0, 0.05) is 38.9 Å². The summed E-state index contributed by atoms with van der Waals surface area (Å²) in [5.74, 6) is 0.308. The van der Waals surface area contributed by atoms with Crippen LogP contribution in [-0.2, 0) is 6.54 Å². The molecule has 0 aliphatic carbocycles. The molecule has 1 aromatic heterocycles. The van der Waals surface area contributed by atoms with Gasteiger partial charge in [0.05, 0.1) is 5.56 Å². The second-order valence-electron chi connectivity index (χ2n) is 7.01. The zero-order valence-corrected chi connectivity index (χ0v) is 15.3. The maximum absolute atomic E-state index is 12.7. The fraction of sp³-hybridized carbons (Fsp3) is 0.381. The predicted molar refractivity (Wildman–Crippen MR) is 100 cm³/mol. The highest BCUT2D eigenvalue weighted by atomic mass is 16.2. The molecule has 5 nitrogen and oxygen atoms in total. The van der Waals surface area contributed by atoms with Crippen molar-refractivity contribution in [3.05, 3.63) is 65.5 Å². The van der Waals surface area contributed by atoms with Gasteiger partial charge in [-0.3, -0.25) is 9.69 Å². The second kappa shape index (κ2) is 8.11. The quantitative estimate of drug-likeness (QED) is 0.852. The third kappa shape index (κ3) is 4.09. The van der Waals surface area contributed by atoms with Crippen LogP contribution in [0.5, 0.6) is 0 Å². The largest absolute Gasteiger partial charge is 0.337 e. The highest BCUT2D eigenvalue weighted by Crippen LogP contribution is 2.23. The average molecular weight is 348 g/mol. The molecule has 26 heavy (non-hydrogen) atoms. The highest BCUT2D eigenvalue weighted by Gasteiger charge is 2.31. The summed E-state index contributed by atoms with van der Waals surface area (Å²) in [7, 11) is 1.86. The monoisotopic (exact) mass is 348 g/mol. The fourth-order valence-electron chi connectivity index (χ4n) is 3.70. The summed E-state index contributed by atoms with van der Waals surface area (Å²) in [4.78, 5) is 21.1. The lowest BCUT2D eigenvalue weighted by Gasteiger charge is -2.41. The first-order valence-corrected chi connectivity index (χ1v) is 8.98. The van der Waals surface area contributed by atoms with Gasteiger partial charge in [-0.25, -0.2) is 4.98 Å². The van der Waals surface area contributed by atoms with E-state index in [0.29, 0.717) is 17.2 Å². The number of aromatic nitrogens is 1. The Morgan fingerprint density at radius 2 is 2.08 bits per heavy atom. The third-order valence-electron chi connectivity index (χ3n) is 5.12. The van der Waals surface area contributed by atoms with Gasteiger partial charge in [-0.05, 0) is 30.0 Å². The van der Waals surface area contributed by atoms with E-state index in [1.165, 1.54) is 11.8 Å². The Kier molecular flexibility index (Phi) is 5.65. The number of hydrogen-bond donors (Lipinski definition) is 0. The van der Waals surface area contributed by atoms with Crippen molar-refractivity contribution < 1.29 is 4.79 Å². The zero-order chi connectivity index (χ0) is 18.5. The van der Waals surface area contributed by atoms with Crippen LogP contribution in [0.1, 0.15) is 35.0 Å². The molecule has 0 spiro atoms. The van der Waals surface area contributed by atoms with Gasteiger partial charge in [-0.1, -0.05) is 37.3 Å². The first-order valence-electron chi connectivity index (χ1n) is 8.98. The van der Waals surface area contributed by atoms with Gasteiger partial charge >= 0.3 is 0 Å². The van der Waals surface area contributed by atoms with E-state index < -0.39 is 0 Å². The van der Waals surface area contributed by atoms with Crippen molar-refractivity contribution in [2.24, 2.45) is 5.92 Å². The van der Waals surface area contributed by atoms with Crippen LogP contribution in [-0.4, -0.2) is 46.9 Å². The van der Waals surface area contributed by atoms with E-state index in [1.54, 1.807) is 12.1 Å². The first kappa shape index (κ1) is 18.1. The van der Waals surface area contributed by atoms with E-state index in [4.69, 9.17) is 5.26 Å². The van der Waals surface area contributed by atoms with Gasteiger partial charge < -0.3 is 4.90 Å². The standard InChI is InChI=1S/C21H24N4O/c1-16-14-25(15-17-6-4-3-5-7-17)11-10-20(16)24(2)21(26)19-9-8-18(12-22)13-23-19/h3-9,13,16,20H,10-11,14-15H2,1-2H3/t16-,20+/m1/s1. The van der Waals surface area contributed by atoms with E-state index >= 15 is 0 Å². The first-order chi connectivity index (χ1) is 12.6. The number of nitriles is 1. The molecule has 1 fully saturated rings. The van der Waals surface area contributed by atoms with Crippen LogP contribution in [0.25, 0.3) is 0 Å². The summed E-state index contributed by atoms with van der Waals surface area (Å²) < 4.78 is 0. The van der Waals surface area contributed by atoms with Crippen molar-refractivity contribution in [2.45, 2.75) is 25.9 Å². The van der Waals surface area contributed by atoms with Crippen LogP contribution in [0.15, 0.2) is 48.7 Å². The molecule has 1 amide bonds. The molecule has 2 aromatic rings. The number of pyridine rings is 1. The van der Waals surface area contributed by atoms with Crippen LogP contribution in [0.2, 0.25) is 0 Å². The van der Waals surface area contributed by atoms with Gasteiger partial charge in [0.1, 0.15) is 11.8 Å². The second-order valence-corrected chi connectivity index (χ2v) is 7.01. The molecular formula is C21H24N4O. The maximum Gasteiger partial charge on any atom is 0.272 e. The van der Waals surface area contributed by atoms with Crippen molar-refractivity contribution in [3.63, 3.8) is 0 Å². The Bertz CT molecular complexity index is 782. The molecule has 0 saturated carbocycles. The molecule has 2 heterocycles. The van der Waals surface area contributed by atoms with Gasteiger partial charge in [-0.15, -0.1) is 0 Å².